The number of nitrogen functional groups attached to an aromatic ring is 1. The van der Waals surface area contributed by atoms with Gasteiger partial charge < -0.3 is 10.7 Å². The molecule has 112 valence electrons. The maximum absolute atomic E-state index is 11.6. The summed E-state index contributed by atoms with van der Waals surface area (Å²) in [7, 11) is 0. The number of aryl methyl sites for hydroxylation is 3. The second-order valence-electron chi connectivity index (χ2n) is 5.26. The van der Waals surface area contributed by atoms with Crippen LogP contribution < -0.4 is 11.3 Å². The molecule has 0 unspecified atom stereocenters. The Morgan fingerprint density at radius 3 is 2.68 bits per heavy atom. The fraction of sp³-hybridized carbons (Fsp3) is 0.200. The molecule has 3 aromatic rings. The standard InChI is InChI=1S/C15H16N6O/c1-8-4-5-11(9(2)6-8)18-19-13-14(16)20-21-10(3)7-12(22)17-15(13)21/h4-7H,1-3H3,(H2,16,20)(H,17,22). The fourth-order valence-corrected chi connectivity index (χ4v) is 2.32. The predicted molar refractivity (Wildman–Crippen MR) is 85.1 cm³/mol. The Balaban J connectivity index is 2.12. The minimum absolute atomic E-state index is 0.221. The van der Waals surface area contributed by atoms with Crippen LogP contribution in [0, 0.1) is 20.8 Å². The second kappa shape index (κ2) is 5.10. The van der Waals surface area contributed by atoms with Crippen molar-refractivity contribution in [2.24, 2.45) is 10.2 Å². The molecule has 1 aromatic carbocycles. The highest BCUT2D eigenvalue weighted by Gasteiger charge is 2.12. The summed E-state index contributed by atoms with van der Waals surface area (Å²) >= 11 is 0. The second-order valence-corrected chi connectivity index (χ2v) is 5.26. The molecule has 0 bridgehead atoms. The molecule has 2 aromatic heterocycles. The third kappa shape index (κ3) is 2.37. The van der Waals surface area contributed by atoms with E-state index < -0.39 is 0 Å². The quantitative estimate of drug-likeness (QED) is 0.711. The van der Waals surface area contributed by atoms with E-state index in [2.05, 4.69) is 20.3 Å². The Labute approximate surface area is 126 Å². The monoisotopic (exact) mass is 296 g/mol. The highest BCUT2D eigenvalue weighted by molar-refractivity contribution is 5.75. The number of nitrogens with zero attached hydrogens (tertiary/aromatic N) is 4. The van der Waals surface area contributed by atoms with Crippen LogP contribution in [0.2, 0.25) is 0 Å². The normalized spacial score (nSPS) is 11.6. The molecular weight excluding hydrogens is 280 g/mol. The van der Waals surface area contributed by atoms with E-state index in [0.29, 0.717) is 17.0 Å². The van der Waals surface area contributed by atoms with Crippen LogP contribution in [-0.4, -0.2) is 14.6 Å². The highest BCUT2D eigenvalue weighted by atomic mass is 16.1. The van der Waals surface area contributed by atoms with E-state index in [9.17, 15) is 4.79 Å². The molecule has 0 saturated carbocycles. The molecule has 3 N–H and O–H groups in total. The average molecular weight is 296 g/mol. The summed E-state index contributed by atoms with van der Waals surface area (Å²) in [5.74, 6) is 0.221. The summed E-state index contributed by atoms with van der Waals surface area (Å²) in [4.78, 5) is 14.3. The van der Waals surface area contributed by atoms with Crippen molar-refractivity contribution in [2.75, 3.05) is 5.73 Å². The smallest absolute Gasteiger partial charge is 0.251 e. The van der Waals surface area contributed by atoms with Crippen molar-refractivity contribution in [3.63, 3.8) is 0 Å². The third-order valence-corrected chi connectivity index (χ3v) is 3.41. The zero-order valence-corrected chi connectivity index (χ0v) is 12.6. The van der Waals surface area contributed by atoms with Crippen molar-refractivity contribution in [3.8, 4) is 0 Å². The molecule has 0 radical (unpaired) electrons. The van der Waals surface area contributed by atoms with Crippen LogP contribution in [0.15, 0.2) is 39.3 Å². The SMILES string of the molecule is Cc1ccc(N=Nc2c(N)nn3c(C)cc(=O)[nH]c23)c(C)c1. The lowest BCUT2D eigenvalue weighted by atomic mass is 10.1. The van der Waals surface area contributed by atoms with Gasteiger partial charge >= 0.3 is 0 Å². The van der Waals surface area contributed by atoms with Gasteiger partial charge in [-0.3, -0.25) is 4.79 Å². The summed E-state index contributed by atoms with van der Waals surface area (Å²) in [6.45, 7) is 5.76. The van der Waals surface area contributed by atoms with E-state index in [1.165, 1.54) is 6.07 Å². The van der Waals surface area contributed by atoms with Gasteiger partial charge in [-0.15, -0.1) is 10.2 Å². The lowest BCUT2D eigenvalue weighted by Crippen LogP contribution is -2.09. The first-order chi connectivity index (χ1) is 10.5. The van der Waals surface area contributed by atoms with Gasteiger partial charge in [-0.2, -0.15) is 5.11 Å². The summed E-state index contributed by atoms with van der Waals surface area (Å²) in [6, 6.07) is 7.33. The molecule has 3 rings (SSSR count). The van der Waals surface area contributed by atoms with Gasteiger partial charge in [-0.1, -0.05) is 17.7 Å². The highest BCUT2D eigenvalue weighted by Crippen LogP contribution is 2.29. The molecule has 22 heavy (non-hydrogen) atoms. The topological polar surface area (TPSA) is 101 Å². The van der Waals surface area contributed by atoms with Crippen LogP contribution >= 0.6 is 0 Å². The van der Waals surface area contributed by atoms with Crippen molar-refractivity contribution in [1.29, 1.82) is 0 Å². The first kappa shape index (κ1) is 14.0. The van der Waals surface area contributed by atoms with E-state index >= 15 is 0 Å². The number of rotatable bonds is 2. The fourth-order valence-electron chi connectivity index (χ4n) is 2.32. The zero-order valence-electron chi connectivity index (χ0n) is 12.6. The van der Waals surface area contributed by atoms with E-state index in [4.69, 9.17) is 5.73 Å². The van der Waals surface area contributed by atoms with Crippen LogP contribution in [0.3, 0.4) is 0 Å². The number of aromatic nitrogens is 3. The van der Waals surface area contributed by atoms with Gasteiger partial charge in [0.05, 0.1) is 5.69 Å². The van der Waals surface area contributed by atoms with Gasteiger partial charge in [0.15, 0.2) is 17.2 Å². The van der Waals surface area contributed by atoms with Crippen LogP contribution in [0.25, 0.3) is 5.65 Å². The largest absolute Gasteiger partial charge is 0.380 e. The van der Waals surface area contributed by atoms with E-state index in [-0.39, 0.29) is 11.4 Å². The minimum atomic E-state index is -0.229. The van der Waals surface area contributed by atoms with E-state index in [0.717, 1.165) is 16.8 Å². The van der Waals surface area contributed by atoms with Gasteiger partial charge in [0, 0.05) is 11.8 Å². The molecule has 0 aliphatic heterocycles. The van der Waals surface area contributed by atoms with Crippen molar-refractivity contribution >= 4 is 22.8 Å². The summed E-state index contributed by atoms with van der Waals surface area (Å²) in [5.41, 5.74) is 10.1. The lowest BCUT2D eigenvalue weighted by Gasteiger charge is -2.00. The molecular formula is C15H16N6O. The maximum atomic E-state index is 11.6. The van der Waals surface area contributed by atoms with E-state index in [1.54, 1.807) is 11.4 Å². The van der Waals surface area contributed by atoms with Crippen molar-refractivity contribution in [2.45, 2.75) is 20.8 Å². The van der Waals surface area contributed by atoms with Gasteiger partial charge in [-0.05, 0) is 32.4 Å². The predicted octanol–water partition coefficient (Wildman–Crippen LogP) is 2.95. The summed E-state index contributed by atoms with van der Waals surface area (Å²) in [6.07, 6.45) is 0. The molecule has 0 saturated heterocycles. The van der Waals surface area contributed by atoms with Gasteiger partial charge in [0.2, 0.25) is 0 Å². The first-order valence-electron chi connectivity index (χ1n) is 6.83. The number of hydrogen-bond donors (Lipinski definition) is 2. The molecule has 0 atom stereocenters. The number of anilines is 1. The van der Waals surface area contributed by atoms with Crippen LogP contribution in [0.4, 0.5) is 17.2 Å². The molecule has 7 nitrogen and oxygen atoms in total. The molecule has 0 aliphatic carbocycles. The van der Waals surface area contributed by atoms with Crippen molar-refractivity contribution in [1.82, 2.24) is 14.6 Å². The Kier molecular flexibility index (Phi) is 3.25. The van der Waals surface area contributed by atoms with E-state index in [1.807, 2.05) is 32.0 Å². The number of fused-ring (bicyclic) bond motifs is 1. The summed E-state index contributed by atoms with van der Waals surface area (Å²) in [5, 5.41) is 12.6. The molecule has 0 amide bonds. The Morgan fingerprint density at radius 2 is 1.95 bits per heavy atom. The minimum Gasteiger partial charge on any atom is -0.380 e. The Hall–Kier alpha value is -2.96. The molecule has 0 aliphatic rings. The number of nitrogens with one attached hydrogen (secondary N) is 1. The van der Waals surface area contributed by atoms with Crippen molar-refractivity contribution in [3.05, 3.63) is 51.4 Å². The summed E-state index contributed by atoms with van der Waals surface area (Å²) < 4.78 is 1.55. The van der Waals surface area contributed by atoms with Gasteiger partial charge in [0.25, 0.3) is 5.56 Å². The Bertz CT molecular complexity index is 951. The van der Waals surface area contributed by atoms with Crippen molar-refractivity contribution < 1.29 is 0 Å². The zero-order chi connectivity index (χ0) is 15.9. The van der Waals surface area contributed by atoms with Crippen LogP contribution in [0.1, 0.15) is 16.8 Å². The molecule has 0 spiro atoms. The van der Waals surface area contributed by atoms with Crippen LogP contribution in [-0.2, 0) is 0 Å². The first-order valence-corrected chi connectivity index (χ1v) is 6.83. The average Bonchev–Trinajstić information content (AvgIpc) is 2.75. The number of nitrogens with two attached hydrogens (primary N) is 1. The van der Waals surface area contributed by atoms with Gasteiger partial charge in [-0.25, -0.2) is 4.52 Å². The Morgan fingerprint density at radius 1 is 1.18 bits per heavy atom. The number of benzene rings is 1. The molecule has 2 heterocycles. The molecule has 0 fully saturated rings. The molecule has 7 heteroatoms. The number of hydrogen-bond acceptors (Lipinski definition) is 5. The number of aromatic amines is 1. The maximum Gasteiger partial charge on any atom is 0.251 e. The number of H-pyrrole nitrogens is 1. The van der Waals surface area contributed by atoms with Crippen LogP contribution in [0.5, 0.6) is 0 Å². The lowest BCUT2D eigenvalue weighted by molar-refractivity contribution is 0.891. The van der Waals surface area contributed by atoms with Gasteiger partial charge in [0.1, 0.15) is 0 Å². The third-order valence-electron chi connectivity index (χ3n) is 3.41. The number of azo groups is 1.